The molecule has 0 aliphatic heterocycles. The minimum Gasteiger partial charge on any atom is -0.481 e. The molecule has 98 valence electrons. The summed E-state index contributed by atoms with van der Waals surface area (Å²) in [4.78, 5) is 9.00. The minimum atomic E-state index is -0.833. The van der Waals surface area contributed by atoms with Crippen molar-refractivity contribution in [3.63, 3.8) is 0 Å². The second-order valence-electron chi connectivity index (χ2n) is 3.62. The molecule has 0 saturated heterocycles. The molecule has 0 amide bonds. The van der Waals surface area contributed by atoms with E-state index in [0.717, 1.165) is 39.4 Å². The van der Waals surface area contributed by atoms with Crippen molar-refractivity contribution >= 4 is 5.97 Å². The number of carbonyl (C=O) groups is 1. The van der Waals surface area contributed by atoms with E-state index in [9.17, 15) is 0 Å². The first-order valence-corrected chi connectivity index (χ1v) is 6.03. The summed E-state index contributed by atoms with van der Waals surface area (Å²) in [6.45, 7) is 5.39. The maximum absolute atomic E-state index is 9.00. The molecule has 0 radical (unpaired) electrons. The van der Waals surface area contributed by atoms with Crippen molar-refractivity contribution in [1.82, 2.24) is 0 Å². The molecule has 0 rings (SSSR count). The number of hydrogen-bond donors (Lipinski definition) is 2. The number of carboxylic acids is 1. The molecule has 0 bridgehead atoms. The molecule has 0 saturated carbocycles. The highest BCUT2D eigenvalue weighted by molar-refractivity contribution is 5.62. The largest absolute Gasteiger partial charge is 0.481 e. The molecule has 0 aliphatic carbocycles. The first-order chi connectivity index (χ1) is 7.65. The predicted molar refractivity (Wildman–Crippen MR) is 64.6 cm³/mol. The number of hydrogen-bond acceptors (Lipinski definition) is 3. The normalized spacial score (nSPS) is 9.44. The molecular weight excluding hydrogens is 208 g/mol. The Labute approximate surface area is 98.6 Å². The zero-order valence-corrected chi connectivity index (χ0v) is 10.6. The molecule has 0 spiro atoms. The molecule has 0 aromatic heterocycles. The van der Waals surface area contributed by atoms with E-state index in [-0.39, 0.29) is 0 Å². The van der Waals surface area contributed by atoms with Crippen molar-refractivity contribution in [2.75, 3.05) is 19.8 Å². The lowest BCUT2D eigenvalue weighted by molar-refractivity contribution is -0.134. The van der Waals surface area contributed by atoms with E-state index in [4.69, 9.17) is 19.7 Å². The fourth-order valence-electron chi connectivity index (χ4n) is 1.02. The topological polar surface area (TPSA) is 66.8 Å². The molecule has 16 heavy (non-hydrogen) atoms. The summed E-state index contributed by atoms with van der Waals surface area (Å²) in [6.07, 6.45) is 6.79. The number of ether oxygens (including phenoxy) is 1. The molecule has 4 nitrogen and oxygen atoms in total. The van der Waals surface area contributed by atoms with Gasteiger partial charge in [-0.3, -0.25) is 4.79 Å². The van der Waals surface area contributed by atoms with Crippen molar-refractivity contribution in [3.05, 3.63) is 0 Å². The molecule has 0 heterocycles. The van der Waals surface area contributed by atoms with Crippen LogP contribution in [0.2, 0.25) is 0 Å². The lowest BCUT2D eigenvalue weighted by Gasteiger charge is -2.02. The fraction of sp³-hybridized carbons (Fsp3) is 0.917. The van der Waals surface area contributed by atoms with E-state index in [1.165, 1.54) is 19.3 Å². The van der Waals surface area contributed by atoms with Crippen molar-refractivity contribution in [1.29, 1.82) is 0 Å². The average Bonchev–Trinajstić information content (AvgIpc) is 2.21. The van der Waals surface area contributed by atoms with Crippen LogP contribution in [0, 0.1) is 0 Å². The summed E-state index contributed by atoms with van der Waals surface area (Å²) in [5.41, 5.74) is 0. The molecular formula is C12H26O4. The van der Waals surface area contributed by atoms with Crippen LogP contribution < -0.4 is 0 Å². The van der Waals surface area contributed by atoms with E-state index >= 15 is 0 Å². The smallest absolute Gasteiger partial charge is 0.300 e. The first kappa shape index (κ1) is 17.8. The zero-order valence-electron chi connectivity index (χ0n) is 10.6. The summed E-state index contributed by atoms with van der Waals surface area (Å²) in [5, 5.41) is 15.9. The Morgan fingerprint density at radius 1 is 1.06 bits per heavy atom. The van der Waals surface area contributed by atoms with Crippen LogP contribution in [0.1, 0.15) is 52.4 Å². The fourth-order valence-corrected chi connectivity index (χ4v) is 1.02. The van der Waals surface area contributed by atoms with Gasteiger partial charge in [0.1, 0.15) is 0 Å². The predicted octanol–water partition coefficient (Wildman–Crippen LogP) is 2.45. The maximum Gasteiger partial charge on any atom is 0.300 e. The van der Waals surface area contributed by atoms with Gasteiger partial charge in [0.05, 0.1) is 0 Å². The quantitative estimate of drug-likeness (QED) is 0.601. The van der Waals surface area contributed by atoms with Crippen LogP contribution in [0.25, 0.3) is 0 Å². The van der Waals surface area contributed by atoms with E-state index < -0.39 is 5.97 Å². The molecule has 2 N–H and O–H groups in total. The van der Waals surface area contributed by atoms with Crippen molar-refractivity contribution in [3.8, 4) is 0 Å². The van der Waals surface area contributed by atoms with Gasteiger partial charge in [-0.1, -0.05) is 26.2 Å². The molecule has 0 aromatic carbocycles. The van der Waals surface area contributed by atoms with Crippen LogP contribution in [0.4, 0.5) is 0 Å². The van der Waals surface area contributed by atoms with E-state index in [1.807, 2.05) is 0 Å². The van der Waals surface area contributed by atoms with Gasteiger partial charge in [-0.2, -0.15) is 0 Å². The standard InChI is InChI=1S/C10H22O2.C2H4O2/c1-2-3-9-12-10-7-5-4-6-8-11;1-2(3)4/h11H,2-10H2,1H3;1H3,(H,3,4). The van der Waals surface area contributed by atoms with Gasteiger partial charge in [-0.15, -0.1) is 0 Å². The summed E-state index contributed by atoms with van der Waals surface area (Å²) in [6, 6.07) is 0. The molecule has 0 atom stereocenters. The van der Waals surface area contributed by atoms with E-state index in [0.29, 0.717) is 6.61 Å². The van der Waals surface area contributed by atoms with Crippen LogP contribution in [0.5, 0.6) is 0 Å². The summed E-state index contributed by atoms with van der Waals surface area (Å²) >= 11 is 0. The maximum atomic E-state index is 9.00. The van der Waals surface area contributed by atoms with Crippen molar-refractivity contribution < 1.29 is 19.7 Å². The zero-order chi connectivity index (χ0) is 12.6. The minimum absolute atomic E-state index is 0.330. The Balaban J connectivity index is 0. The Bertz CT molecular complexity index is 123. The number of carboxylic acid groups (broad SMARTS) is 1. The van der Waals surface area contributed by atoms with Gasteiger partial charge in [-0.05, 0) is 19.3 Å². The second kappa shape index (κ2) is 16.8. The monoisotopic (exact) mass is 234 g/mol. The van der Waals surface area contributed by atoms with Crippen LogP contribution >= 0.6 is 0 Å². The molecule has 0 aromatic rings. The van der Waals surface area contributed by atoms with Gasteiger partial charge < -0.3 is 14.9 Å². The highest BCUT2D eigenvalue weighted by Crippen LogP contribution is 1.99. The third-order valence-electron chi connectivity index (χ3n) is 1.84. The molecule has 0 fully saturated rings. The van der Waals surface area contributed by atoms with E-state index in [2.05, 4.69) is 6.92 Å². The van der Waals surface area contributed by atoms with Gasteiger partial charge >= 0.3 is 0 Å². The SMILES string of the molecule is CC(=O)O.CCCCOCCCCCCO. The van der Waals surface area contributed by atoms with Gasteiger partial charge in [0.15, 0.2) is 0 Å². The number of aliphatic hydroxyl groups is 1. The Hall–Kier alpha value is -0.610. The van der Waals surface area contributed by atoms with Gasteiger partial charge in [-0.25, -0.2) is 0 Å². The van der Waals surface area contributed by atoms with Crippen molar-refractivity contribution in [2.45, 2.75) is 52.4 Å². The highest BCUT2D eigenvalue weighted by Gasteiger charge is 1.89. The van der Waals surface area contributed by atoms with Crippen LogP contribution in [-0.2, 0) is 9.53 Å². The summed E-state index contributed by atoms with van der Waals surface area (Å²) in [7, 11) is 0. The van der Waals surface area contributed by atoms with Crippen LogP contribution in [0.3, 0.4) is 0 Å². The van der Waals surface area contributed by atoms with Crippen molar-refractivity contribution in [2.24, 2.45) is 0 Å². The van der Waals surface area contributed by atoms with Crippen LogP contribution in [-0.4, -0.2) is 36.0 Å². The molecule has 0 aliphatic rings. The molecule has 4 heteroatoms. The van der Waals surface area contributed by atoms with E-state index in [1.54, 1.807) is 0 Å². The lowest BCUT2D eigenvalue weighted by atomic mass is 10.2. The van der Waals surface area contributed by atoms with Gasteiger partial charge in [0.25, 0.3) is 5.97 Å². The van der Waals surface area contributed by atoms with Gasteiger partial charge in [0.2, 0.25) is 0 Å². The second-order valence-corrected chi connectivity index (χ2v) is 3.62. The Morgan fingerprint density at radius 3 is 2.06 bits per heavy atom. The third-order valence-corrected chi connectivity index (χ3v) is 1.84. The number of unbranched alkanes of at least 4 members (excludes halogenated alkanes) is 4. The number of aliphatic hydroxyl groups excluding tert-OH is 1. The number of rotatable bonds is 9. The highest BCUT2D eigenvalue weighted by atomic mass is 16.5. The summed E-state index contributed by atoms with van der Waals surface area (Å²) in [5.74, 6) is -0.833. The number of aliphatic carboxylic acids is 1. The summed E-state index contributed by atoms with van der Waals surface area (Å²) < 4.78 is 5.39. The average molecular weight is 234 g/mol. The lowest BCUT2D eigenvalue weighted by Crippen LogP contribution is -1.96. The Morgan fingerprint density at radius 2 is 1.56 bits per heavy atom. The van der Waals surface area contributed by atoms with Gasteiger partial charge in [0, 0.05) is 26.7 Å². The molecule has 0 unspecified atom stereocenters. The Kier molecular flexibility index (Phi) is 18.7. The first-order valence-electron chi connectivity index (χ1n) is 6.03. The third kappa shape index (κ3) is 29.2. The van der Waals surface area contributed by atoms with Crippen LogP contribution in [0.15, 0.2) is 0 Å².